The average molecular weight is 359 g/mol. The predicted octanol–water partition coefficient (Wildman–Crippen LogP) is 4.24. The van der Waals surface area contributed by atoms with Crippen LogP contribution in [-0.2, 0) is 0 Å². The SMILES string of the molecule is O=[N+]([O-])c1cccc(-c2ccc(C=NNc3ncnc4ccccc34)o2)c1. The van der Waals surface area contributed by atoms with E-state index >= 15 is 0 Å². The van der Waals surface area contributed by atoms with E-state index in [1.165, 1.54) is 24.7 Å². The van der Waals surface area contributed by atoms with Crippen molar-refractivity contribution in [2.45, 2.75) is 0 Å². The van der Waals surface area contributed by atoms with Crippen molar-refractivity contribution in [1.29, 1.82) is 0 Å². The topological polar surface area (TPSA) is 106 Å². The number of nitrogens with one attached hydrogen (secondary N) is 1. The molecule has 2 aromatic carbocycles. The van der Waals surface area contributed by atoms with E-state index < -0.39 is 4.92 Å². The van der Waals surface area contributed by atoms with E-state index in [2.05, 4.69) is 20.5 Å². The normalized spacial score (nSPS) is 11.1. The number of furan rings is 1. The summed E-state index contributed by atoms with van der Waals surface area (Å²) >= 11 is 0. The fraction of sp³-hybridized carbons (Fsp3) is 0. The number of hydrazone groups is 1. The summed E-state index contributed by atoms with van der Waals surface area (Å²) in [7, 11) is 0. The van der Waals surface area contributed by atoms with E-state index in [1.54, 1.807) is 24.3 Å². The Morgan fingerprint density at radius 1 is 1.07 bits per heavy atom. The maximum Gasteiger partial charge on any atom is 0.270 e. The lowest BCUT2D eigenvalue weighted by molar-refractivity contribution is -0.384. The van der Waals surface area contributed by atoms with Crippen LogP contribution in [0.3, 0.4) is 0 Å². The molecule has 0 atom stereocenters. The lowest BCUT2D eigenvalue weighted by atomic mass is 10.1. The highest BCUT2D eigenvalue weighted by molar-refractivity contribution is 5.89. The van der Waals surface area contributed by atoms with Crippen LogP contribution in [0.15, 0.2) is 76.5 Å². The smallest absolute Gasteiger partial charge is 0.270 e. The molecule has 2 heterocycles. The molecule has 4 rings (SSSR count). The third-order valence-corrected chi connectivity index (χ3v) is 3.87. The molecule has 4 aromatic rings. The van der Waals surface area contributed by atoms with Crippen LogP contribution in [0, 0.1) is 10.1 Å². The second-order valence-electron chi connectivity index (χ2n) is 5.62. The second kappa shape index (κ2) is 7.04. The number of nitro benzene ring substituents is 1. The first-order chi connectivity index (χ1) is 13.2. The largest absolute Gasteiger partial charge is 0.455 e. The summed E-state index contributed by atoms with van der Waals surface area (Å²) in [5.74, 6) is 1.61. The summed E-state index contributed by atoms with van der Waals surface area (Å²) in [5.41, 5.74) is 4.33. The summed E-state index contributed by atoms with van der Waals surface area (Å²) in [4.78, 5) is 18.8. The number of aromatic nitrogens is 2. The molecule has 0 bridgehead atoms. The average Bonchev–Trinajstić information content (AvgIpc) is 3.17. The number of hydrogen-bond acceptors (Lipinski definition) is 7. The van der Waals surface area contributed by atoms with Crippen molar-refractivity contribution in [1.82, 2.24) is 9.97 Å². The Hall–Kier alpha value is -4.07. The van der Waals surface area contributed by atoms with Gasteiger partial charge >= 0.3 is 0 Å². The Labute approximate surface area is 153 Å². The molecule has 0 spiro atoms. The molecule has 2 aromatic heterocycles. The highest BCUT2D eigenvalue weighted by Gasteiger charge is 2.09. The van der Waals surface area contributed by atoms with Crippen molar-refractivity contribution in [2.75, 3.05) is 5.43 Å². The number of nitro groups is 1. The van der Waals surface area contributed by atoms with E-state index in [-0.39, 0.29) is 5.69 Å². The van der Waals surface area contributed by atoms with Gasteiger partial charge in [0, 0.05) is 23.1 Å². The summed E-state index contributed by atoms with van der Waals surface area (Å²) < 4.78 is 5.69. The number of rotatable bonds is 5. The molecule has 1 N–H and O–H groups in total. The van der Waals surface area contributed by atoms with Crippen LogP contribution in [0.4, 0.5) is 11.5 Å². The molecule has 132 valence electrons. The molecule has 27 heavy (non-hydrogen) atoms. The van der Waals surface area contributed by atoms with E-state index in [0.717, 1.165) is 10.9 Å². The second-order valence-corrected chi connectivity index (χ2v) is 5.62. The van der Waals surface area contributed by atoms with Gasteiger partial charge in [0.05, 0.1) is 16.7 Å². The van der Waals surface area contributed by atoms with Crippen molar-refractivity contribution < 1.29 is 9.34 Å². The zero-order valence-corrected chi connectivity index (χ0v) is 13.9. The third-order valence-electron chi connectivity index (χ3n) is 3.87. The number of benzene rings is 2. The van der Waals surface area contributed by atoms with Crippen molar-refractivity contribution >= 4 is 28.6 Å². The number of fused-ring (bicyclic) bond motifs is 1. The standard InChI is InChI=1S/C19H13N5O3/c25-24(26)14-5-3-4-13(10-14)18-9-8-15(27-18)11-22-23-19-16-6-1-2-7-17(16)20-12-21-19/h1-12H,(H,20,21,23). The van der Waals surface area contributed by atoms with Crippen LogP contribution in [0.2, 0.25) is 0 Å². The molecule has 0 aliphatic carbocycles. The van der Waals surface area contributed by atoms with Crippen molar-refractivity contribution in [3.05, 3.63) is 82.9 Å². The van der Waals surface area contributed by atoms with E-state index in [4.69, 9.17) is 4.42 Å². The molecule has 0 saturated heterocycles. The van der Waals surface area contributed by atoms with Crippen LogP contribution < -0.4 is 5.43 Å². The summed E-state index contributed by atoms with van der Waals surface area (Å²) in [5, 5.41) is 15.9. The minimum atomic E-state index is -0.440. The lowest BCUT2D eigenvalue weighted by Crippen LogP contribution is -1.95. The van der Waals surface area contributed by atoms with Gasteiger partial charge in [0.25, 0.3) is 5.69 Å². The van der Waals surface area contributed by atoms with Crippen LogP contribution in [0.25, 0.3) is 22.2 Å². The van der Waals surface area contributed by atoms with Gasteiger partial charge in [0.1, 0.15) is 17.8 Å². The first-order valence-electron chi connectivity index (χ1n) is 8.04. The maximum atomic E-state index is 10.9. The van der Waals surface area contributed by atoms with Gasteiger partial charge in [-0.3, -0.25) is 15.5 Å². The van der Waals surface area contributed by atoms with E-state index in [1.807, 2.05) is 24.3 Å². The van der Waals surface area contributed by atoms with Gasteiger partial charge < -0.3 is 4.42 Å². The summed E-state index contributed by atoms with van der Waals surface area (Å²) in [6.45, 7) is 0. The minimum Gasteiger partial charge on any atom is -0.455 e. The molecule has 8 nitrogen and oxygen atoms in total. The molecule has 0 saturated carbocycles. The Bertz CT molecular complexity index is 1150. The Morgan fingerprint density at radius 2 is 1.96 bits per heavy atom. The molecule has 8 heteroatoms. The van der Waals surface area contributed by atoms with E-state index in [9.17, 15) is 10.1 Å². The Balaban J connectivity index is 1.52. The van der Waals surface area contributed by atoms with Gasteiger partial charge in [-0.1, -0.05) is 24.3 Å². The molecular formula is C19H13N5O3. The molecule has 0 radical (unpaired) electrons. The predicted molar refractivity (Wildman–Crippen MR) is 102 cm³/mol. The Morgan fingerprint density at radius 3 is 2.85 bits per heavy atom. The number of nitrogens with zero attached hydrogens (tertiary/aromatic N) is 4. The number of anilines is 1. The maximum absolute atomic E-state index is 10.9. The van der Waals surface area contributed by atoms with Crippen LogP contribution in [0.1, 0.15) is 5.76 Å². The zero-order valence-electron chi connectivity index (χ0n) is 13.9. The fourth-order valence-electron chi connectivity index (χ4n) is 2.60. The van der Waals surface area contributed by atoms with Crippen molar-refractivity contribution in [3.63, 3.8) is 0 Å². The molecule has 0 aliphatic heterocycles. The summed E-state index contributed by atoms with van der Waals surface area (Å²) in [6.07, 6.45) is 2.98. The number of non-ortho nitro benzene ring substituents is 1. The van der Waals surface area contributed by atoms with Gasteiger partial charge in [0.15, 0.2) is 5.82 Å². The molecule has 0 amide bonds. The first kappa shape index (κ1) is 16.4. The number of para-hydroxylation sites is 1. The van der Waals surface area contributed by atoms with Gasteiger partial charge in [-0.05, 0) is 24.3 Å². The van der Waals surface area contributed by atoms with E-state index in [0.29, 0.717) is 22.9 Å². The van der Waals surface area contributed by atoms with Gasteiger partial charge in [-0.2, -0.15) is 5.10 Å². The molecule has 0 unspecified atom stereocenters. The quantitative estimate of drug-likeness (QED) is 0.324. The minimum absolute atomic E-state index is 0.0106. The Kier molecular flexibility index (Phi) is 4.28. The molecular weight excluding hydrogens is 346 g/mol. The van der Waals surface area contributed by atoms with Crippen LogP contribution in [-0.4, -0.2) is 21.1 Å². The number of hydrogen-bond donors (Lipinski definition) is 1. The third kappa shape index (κ3) is 3.49. The monoisotopic (exact) mass is 359 g/mol. The van der Waals surface area contributed by atoms with Crippen LogP contribution >= 0.6 is 0 Å². The molecule has 0 aliphatic rings. The van der Waals surface area contributed by atoms with Gasteiger partial charge in [-0.15, -0.1) is 0 Å². The van der Waals surface area contributed by atoms with Gasteiger partial charge in [0.2, 0.25) is 0 Å². The van der Waals surface area contributed by atoms with Crippen LogP contribution in [0.5, 0.6) is 0 Å². The first-order valence-corrected chi connectivity index (χ1v) is 8.04. The fourth-order valence-corrected chi connectivity index (χ4v) is 2.60. The highest BCUT2D eigenvalue weighted by atomic mass is 16.6. The summed E-state index contributed by atoms with van der Waals surface area (Å²) in [6, 6.07) is 17.3. The highest BCUT2D eigenvalue weighted by Crippen LogP contribution is 2.25. The van der Waals surface area contributed by atoms with Gasteiger partial charge in [-0.25, -0.2) is 9.97 Å². The van der Waals surface area contributed by atoms with Crippen molar-refractivity contribution in [3.8, 4) is 11.3 Å². The van der Waals surface area contributed by atoms with Crippen molar-refractivity contribution in [2.24, 2.45) is 5.10 Å². The lowest BCUT2D eigenvalue weighted by Gasteiger charge is -2.02. The zero-order chi connectivity index (χ0) is 18.6. The molecule has 0 fully saturated rings.